The van der Waals surface area contributed by atoms with Crippen LogP contribution in [0.4, 0.5) is 17.6 Å². The fraction of sp³-hybridized carbons (Fsp3) is 0.111. The Balaban J connectivity index is 3.28. The molecule has 0 aliphatic rings. The van der Waals surface area contributed by atoms with Gasteiger partial charge in [-0.1, -0.05) is 12.1 Å². The van der Waals surface area contributed by atoms with Gasteiger partial charge in [0.25, 0.3) is 0 Å². The number of allylic oxidation sites excluding steroid dienone is 1. The number of nitrogens with zero attached hydrogens (tertiary/aromatic N) is 1. The lowest BCUT2D eigenvalue weighted by Crippen LogP contribution is -2.12. The summed E-state index contributed by atoms with van der Waals surface area (Å²) in [5.74, 6) is -0.893. The molecule has 0 spiro atoms. The van der Waals surface area contributed by atoms with Crippen molar-refractivity contribution in [2.45, 2.75) is 6.18 Å². The van der Waals surface area contributed by atoms with Crippen LogP contribution in [0.15, 0.2) is 30.5 Å². The molecule has 0 aliphatic heterocycles. The Kier molecular flexibility index (Phi) is 3.26. The fourth-order valence-corrected chi connectivity index (χ4v) is 1.07. The summed E-state index contributed by atoms with van der Waals surface area (Å²) in [7, 11) is 0. The SMILES string of the molecule is O=[N+]([O-])C=C(c1cccc(F)c1)C(F)(F)F. The molecule has 0 bridgehead atoms. The Morgan fingerprint density at radius 1 is 1.38 bits per heavy atom. The molecule has 86 valence electrons. The fourth-order valence-electron chi connectivity index (χ4n) is 1.07. The first-order chi connectivity index (χ1) is 7.30. The zero-order chi connectivity index (χ0) is 12.3. The van der Waals surface area contributed by atoms with Crippen molar-refractivity contribution in [3.63, 3.8) is 0 Å². The first kappa shape index (κ1) is 12.2. The summed E-state index contributed by atoms with van der Waals surface area (Å²) in [6.07, 6.45) is -5.09. The van der Waals surface area contributed by atoms with Gasteiger partial charge in [0, 0.05) is 0 Å². The molecule has 0 atom stereocenters. The van der Waals surface area contributed by atoms with E-state index in [4.69, 9.17) is 0 Å². The van der Waals surface area contributed by atoms with Crippen LogP contribution in [-0.4, -0.2) is 11.1 Å². The number of hydrogen-bond donors (Lipinski definition) is 0. The van der Waals surface area contributed by atoms with E-state index in [0.29, 0.717) is 6.07 Å². The summed E-state index contributed by atoms with van der Waals surface area (Å²) in [6.45, 7) is 0. The van der Waals surface area contributed by atoms with Crippen LogP contribution in [0.1, 0.15) is 5.56 Å². The third kappa shape index (κ3) is 3.04. The van der Waals surface area contributed by atoms with E-state index in [1.165, 1.54) is 0 Å². The summed E-state index contributed by atoms with van der Waals surface area (Å²) in [6, 6.07) is 3.53. The van der Waals surface area contributed by atoms with Crippen LogP contribution >= 0.6 is 0 Å². The second-order valence-electron chi connectivity index (χ2n) is 2.84. The Labute approximate surface area is 87.2 Å². The van der Waals surface area contributed by atoms with Crippen molar-refractivity contribution in [2.75, 3.05) is 0 Å². The lowest BCUT2D eigenvalue weighted by Gasteiger charge is -2.08. The maximum Gasteiger partial charge on any atom is 0.422 e. The number of halogens is 4. The van der Waals surface area contributed by atoms with Gasteiger partial charge in [0.1, 0.15) is 11.4 Å². The maximum absolute atomic E-state index is 12.7. The van der Waals surface area contributed by atoms with E-state index in [-0.39, 0.29) is 6.20 Å². The summed E-state index contributed by atoms with van der Waals surface area (Å²) in [4.78, 5) is 8.82. The lowest BCUT2D eigenvalue weighted by molar-refractivity contribution is -0.402. The van der Waals surface area contributed by atoms with Crippen LogP contribution in [0.3, 0.4) is 0 Å². The zero-order valence-corrected chi connectivity index (χ0v) is 7.66. The van der Waals surface area contributed by atoms with Gasteiger partial charge in [-0.15, -0.1) is 0 Å². The van der Waals surface area contributed by atoms with Gasteiger partial charge in [0.15, 0.2) is 0 Å². The van der Waals surface area contributed by atoms with Crippen LogP contribution in [0.25, 0.3) is 5.57 Å². The van der Waals surface area contributed by atoms with Crippen LogP contribution in [0.2, 0.25) is 0 Å². The predicted molar refractivity (Wildman–Crippen MR) is 47.4 cm³/mol. The third-order valence-corrected chi connectivity index (χ3v) is 1.68. The molecule has 1 rings (SSSR count). The van der Waals surface area contributed by atoms with Crippen LogP contribution < -0.4 is 0 Å². The Morgan fingerprint density at radius 3 is 2.44 bits per heavy atom. The maximum atomic E-state index is 12.7. The normalized spacial score (nSPS) is 12.6. The van der Waals surface area contributed by atoms with Gasteiger partial charge in [-0.25, -0.2) is 4.39 Å². The van der Waals surface area contributed by atoms with Crippen molar-refractivity contribution in [3.05, 3.63) is 52.0 Å². The van der Waals surface area contributed by atoms with Gasteiger partial charge < -0.3 is 0 Å². The van der Waals surface area contributed by atoms with E-state index in [1.807, 2.05) is 0 Å². The smallest absolute Gasteiger partial charge is 0.259 e. The minimum atomic E-state index is -4.90. The first-order valence-corrected chi connectivity index (χ1v) is 3.99. The van der Waals surface area contributed by atoms with E-state index in [2.05, 4.69) is 0 Å². The molecule has 7 heteroatoms. The van der Waals surface area contributed by atoms with Crippen molar-refractivity contribution < 1.29 is 22.5 Å². The van der Waals surface area contributed by atoms with Crippen molar-refractivity contribution in [2.24, 2.45) is 0 Å². The summed E-state index contributed by atoms with van der Waals surface area (Å²) >= 11 is 0. The third-order valence-electron chi connectivity index (χ3n) is 1.68. The quantitative estimate of drug-likeness (QED) is 0.449. The largest absolute Gasteiger partial charge is 0.422 e. The number of alkyl halides is 3. The van der Waals surface area contributed by atoms with Crippen LogP contribution in [0, 0.1) is 15.9 Å². The Hall–Kier alpha value is -1.92. The highest BCUT2D eigenvalue weighted by Gasteiger charge is 2.37. The Morgan fingerprint density at radius 2 is 2.00 bits per heavy atom. The molecule has 0 fully saturated rings. The molecule has 0 heterocycles. The highest BCUT2D eigenvalue weighted by atomic mass is 19.4. The molecule has 0 N–H and O–H groups in total. The van der Waals surface area contributed by atoms with Gasteiger partial charge >= 0.3 is 6.18 Å². The van der Waals surface area contributed by atoms with Crippen molar-refractivity contribution in [1.29, 1.82) is 0 Å². The first-order valence-electron chi connectivity index (χ1n) is 3.99. The average Bonchev–Trinajstić information content (AvgIpc) is 2.12. The number of benzene rings is 1. The zero-order valence-electron chi connectivity index (χ0n) is 7.66. The molecule has 0 aromatic heterocycles. The molecule has 0 unspecified atom stereocenters. The van der Waals surface area contributed by atoms with Crippen LogP contribution in [0.5, 0.6) is 0 Å². The second-order valence-corrected chi connectivity index (χ2v) is 2.84. The molecule has 0 amide bonds. The number of nitro groups is 1. The van der Waals surface area contributed by atoms with Gasteiger partial charge in [0.2, 0.25) is 6.20 Å². The van der Waals surface area contributed by atoms with Crippen LogP contribution in [-0.2, 0) is 0 Å². The predicted octanol–water partition coefficient (Wildman–Crippen LogP) is 3.01. The molecule has 1 aromatic rings. The Bertz CT molecular complexity index is 439. The average molecular weight is 235 g/mol. The van der Waals surface area contributed by atoms with Gasteiger partial charge in [-0.2, -0.15) is 13.2 Å². The standard InChI is InChI=1S/C9H5F4NO2/c10-7-3-1-2-6(4-7)8(5-14(15)16)9(11,12)13/h1-5H. The molecule has 0 saturated carbocycles. The number of rotatable bonds is 2. The van der Waals surface area contributed by atoms with E-state index < -0.39 is 28.1 Å². The van der Waals surface area contributed by atoms with Crippen molar-refractivity contribution in [3.8, 4) is 0 Å². The molecule has 3 nitrogen and oxygen atoms in total. The van der Waals surface area contributed by atoms with E-state index in [1.54, 1.807) is 0 Å². The molecular weight excluding hydrogens is 230 g/mol. The molecule has 0 saturated heterocycles. The molecular formula is C9H5F4NO2. The minimum Gasteiger partial charge on any atom is -0.259 e. The lowest BCUT2D eigenvalue weighted by atomic mass is 10.1. The monoisotopic (exact) mass is 235 g/mol. The summed E-state index contributed by atoms with van der Waals surface area (Å²) in [5, 5.41) is 10.1. The minimum absolute atomic E-state index is 0.186. The van der Waals surface area contributed by atoms with Crippen molar-refractivity contribution in [1.82, 2.24) is 0 Å². The summed E-state index contributed by atoms with van der Waals surface area (Å²) in [5.41, 5.74) is -2.07. The highest BCUT2D eigenvalue weighted by molar-refractivity contribution is 5.68. The number of hydrogen-bond acceptors (Lipinski definition) is 2. The van der Waals surface area contributed by atoms with E-state index in [0.717, 1.165) is 18.2 Å². The molecule has 1 aromatic carbocycles. The van der Waals surface area contributed by atoms with E-state index >= 15 is 0 Å². The second kappa shape index (κ2) is 4.30. The van der Waals surface area contributed by atoms with Gasteiger partial charge in [-0.05, 0) is 17.7 Å². The summed E-state index contributed by atoms with van der Waals surface area (Å²) < 4.78 is 49.9. The van der Waals surface area contributed by atoms with Gasteiger partial charge in [-0.3, -0.25) is 10.1 Å². The highest BCUT2D eigenvalue weighted by Crippen LogP contribution is 2.33. The van der Waals surface area contributed by atoms with Gasteiger partial charge in [0.05, 0.1) is 4.92 Å². The molecule has 0 aliphatic carbocycles. The molecule has 0 radical (unpaired) electrons. The van der Waals surface area contributed by atoms with E-state index in [9.17, 15) is 27.7 Å². The topological polar surface area (TPSA) is 43.1 Å². The molecule has 16 heavy (non-hydrogen) atoms. The van der Waals surface area contributed by atoms with Crippen molar-refractivity contribution >= 4 is 5.57 Å².